The van der Waals surface area contributed by atoms with Gasteiger partial charge in [0.1, 0.15) is 11.3 Å². The second-order valence-corrected chi connectivity index (χ2v) is 2.61. The van der Waals surface area contributed by atoms with Crippen LogP contribution in [0.2, 0.25) is 0 Å². The molecule has 5 heteroatoms. The standard InChI is InChI=1S/C6H5N3OS/c10-11-6-7-4-5-2-1-3-9(5)8-6/h1-4,8H. The molecule has 2 aromatic heterocycles. The van der Waals surface area contributed by atoms with Crippen molar-refractivity contribution in [3.63, 3.8) is 0 Å². The van der Waals surface area contributed by atoms with Crippen LogP contribution in [0.25, 0.3) is 5.52 Å². The molecule has 0 aliphatic rings. The molecule has 0 spiro atoms. The van der Waals surface area contributed by atoms with Gasteiger partial charge in [0.2, 0.25) is 4.77 Å². The van der Waals surface area contributed by atoms with Gasteiger partial charge in [-0.1, -0.05) is 0 Å². The molecule has 2 rings (SSSR count). The van der Waals surface area contributed by atoms with Gasteiger partial charge in [-0.2, -0.15) is 0 Å². The number of hydrogen-bond donors (Lipinski definition) is 1. The van der Waals surface area contributed by atoms with E-state index in [1.165, 1.54) is 0 Å². The number of H-pyrrole nitrogens is 1. The Morgan fingerprint density at radius 1 is 1.64 bits per heavy atom. The monoisotopic (exact) mass is 167 g/mol. The third-order valence-electron chi connectivity index (χ3n) is 1.39. The molecule has 0 saturated carbocycles. The summed E-state index contributed by atoms with van der Waals surface area (Å²) in [6.45, 7) is 0. The Morgan fingerprint density at radius 2 is 2.55 bits per heavy atom. The maximum absolute atomic E-state index is 10.3. The maximum atomic E-state index is 10.3. The highest BCUT2D eigenvalue weighted by molar-refractivity contribution is 7.56. The SMILES string of the molecule is O=S=c1ncc2cccn2[nH]1. The van der Waals surface area contributed by atoms with Crippen molar-refractivity contribution in [2.24, 2.45) is 0 Å². The first-order valence-corrected chi connectivity index (χ1v) is 3.79. The molecule has 11 heavy (non-hydrogen) atoms. The third-order valence-corrected chi connectivity index (χ3v) is 1.74. The highest BCUT2D eigenvalue weighted by Gasteiger charge is 1.88. The average Bonchev–Trinajstić information content (AvgIpc) is 2.50. The van der Waals surface area contributed by atoms with Crippen molar-refractivity contribution in [3.8, 4) is 0 Å². The molecule has 0 saturated heterocycles. The third kappa shape index (κ3) is 0.988. The number of fused-ring (bicyclic) bond motifs is 1. The van der Waals surface area contributed by atoms with Crippen molar-refractivity contribution in [2.75, 3.05) is 0 Å². The molecule has 0 radical (unpaired) electrons. The molecule has 0 aromatic carbocycles. The molecule has 0 fully saturated rings. The minimum Gasteiger partial charge on any atom is -0.266 e. The number of nitrogens with one attached hydrogen (secondary N) is 1. The van der Waals surface area contributed by atoms with Gasteiger partial charge in [0, 0.05) is 6.20 Å². The van der Waals surface area contributed by atoms with E-state index in [0.29, 0.717) is 16.0 Å². The number of aromatic nitrogens is 3. The van der Waals surface area contributed by atoms with Crippen LogP contribution in [0.15, 0.2) is 24.5 Å². The van der Waals surface area contributed by atoms with Crippen LogP contribution < -0.4 is 0 Å². The summed E-state index contributed by atoms with van der Waals surface area (Å²) in [4.78, 5) is 3.87. The summed E-state index contributed by atoms with van der Waals surface area (Å²) in [7, 11) is 0. The van der Waals surface area contributed by atoms with Crippen LogP contribution in [0.3, 0.4) is 0 Å². The Morgan fingerprint density at radius 3 is 3.36 bits per heavy atom. The van der Waals surface area contributed by atoms with E-state index in [9.17, 15) is 4.21 Å². The summed E-state index contributed by atoms with van der Waals surface area (Å²) in [5, 5.41) is 2.81. The summed E-state index contributed by atoms with van der Waals surface area (Å²) in [5.74, 6) is 0. The van der Waals surface area contributed by atoms with Gasteiger partial charge in [0.25, 0.3) is 0 Å². The Labute approximate surface area is 65.6 Å². The Balaban J connectivity index is 2.98. The number of nitrogens with zero attached hydrogens (tertiary/aromatic N) is 2. The van der Waals surface area contributed by atoms with E-state index in [1.807, 2.05) is 18.3 Å². The van der Waals surface area contributed by atoms with E-state index in [-0.39, 0.29) is 0 Å². The van der Waals surface area contributed by atoms with Gasteiger partial charge in [-0.15, -0.1) is 0 Å². The predicted molar refractivity (Wildman–Crippen MR) is 40.9 cm³/mol. The van der Waals surface area contributed by atoms with Crippen LogP contribution in [-0.2, 0) is 11.3 Å². The molecule has 0 unspecified atom stereocenters. The quantitative estimate of drug-likeness (QED) is 0.578. The van der Waals surface area contributed by atoms with Crippen LogP contribution in [0.4, 0.5) is 0 Å². The lowest BCUT2D eigenvalue weighted by Gasteiger charge is -1.90. The second kappa shape index (κ2) is 2.35. The Hall–Kier alpha value is -1.36. The van der Waals surface area contributed by atoms with Crippen molar-refractivity contribution < 1.29 is 4.21 Å². The molecule has 0 aliphatic carbocycles. The van der Waals surface area contributed by atoms with E-state index in [2.05, 4.69) is 10.1 Å². The first-order chi connectivity index (χ1) is 5.40. The highest BCUT2D eigenvalue weighted by atomic mass is 32.1. The van der Waals surface area contributed by atoms with Crippen LogP contribution in [0, 0.1) is 4.77 Å². The second-order valence-electron chi connectivity index (χ2n) is 2.06. The summed E-state index contributed by atoms with van der Waals surface area (Å²) in [5.41, 5.74) is 0.947. The molecule has 0 amide bonds. The highest BCUT2D eigenvalue weighted by Crippen LogP contribution is 1.97. The van der Waals surface area contributed by atoms with Crippen molar-refractivity contribution in [1.82, 2.24) is 14.6 Å². The summed E-state index contributed by atoms with van der Waals surface area (Å²) < 4.78 is 12.4. The smallest absolute Gasteiger partial charge is 0.241 e. The number of hydrogen-bond acceptors (Lipinski definition) is 2. The van der Waals surface area contributed by atoms with Crippen LogP contribution in [-0.4, -0.2) is 18.8 Å². The van der Waals surface area contributed by atoms with Gasteiger partial charge in [0.15, 0.2) is 0 Å². The molecule has 0 atom stereocenters. The zero-order valence-corrected chi connectivity index (χ0v) is 6.34. The lowest BCUT2D eigenvalue weighted by atomic mass is 10.5. The predicted octanol–water partition coefficient (Wildman–Crippen LogP) is 0.407. The van der Waals surface area contributed by atoms with Gasteiger partial charge in [-0.3, -0.25) is 9.61 Å². The fourth-order valence-electron chi connectivity index (χ4n) is 0.898. The largest absolute Gasteiger partial charge is 0.266 e. The zero-order chi connectivity index (χ0) is 7.68. The summed E-state index contributed by atoms with van der Waals surface area (Å²) >= 11 is 0.350. The number of aromatic amines is 1. The fourth-order valence-corrected chi connectivity index (χ4v) is 1.13. The maximum Gasteiger partial charge on any atom is 0.241 e. The molecule has 4 nitrogen and oxygen atoms in total. The molecule has 0 aliphatic heterocycles. The van der Waals surface area contributed by atoms with Crippen LogP contribution in [0.1, 0.15) is 0 Å². The molecule has 2 heterocycles. The minimum atomic E-state index is 0.350. The Kier molecular flexibility index (Phi) is 1.36. The van der Waals surface area contributed by atoms with Crippen molar-refractivity contribution in [3.05, 3.63) is 29.3 Å². The topological polar surface area (TPSA) is 50.2 Å². The van der Waals surface area contributed by atoms with E-state index >= 15 is 0 Å². The van der Waals surface area contributed by atoms with Gasteiger partial charge in [-0.05, 0) is 12.1 Å². The summed E-state index contributed by atoms with van der Waals surface area (Å²) in [6, 6.07) is 3.79. The van der Waals surface area contributed by atoms with E-state index in [1.54, 1.807) is 10.7 Å². The van der Waals surface area contributed by atoms with Crippen molar-refractivity contribution >= 4 is 16.8 Å². The molecule has 2 aromatic rings. The van der Waals surface area contributed by atoms with Gasteiger partial charge >= 0.3 is 0 Å². The van der Waals surface area contributed by atoms with Gasteiger partial charge in [-0.25, -0.2) is 9.19 Å². The Bertz CT molecular complexity index is 466. The first-order valence-electron chi connectivity index (χ1n) is 3.05. The molecule has 0 bridgehead atoms. The molecule has 56 valence electrons. The molecule has 1 N–H and O–H groups in total. The van der Waals surface area contributed by atoms with E-state index in [4.69, 9.17) is 0 Å². The van der Waals surface area contributed by atoms with Gasteiger partial charge in [0.05, 0.1) is 11.7 Å². The van der Waals surface area contributed by atoms with E-state index < -0.39 is 0 Å². The molecular formula is C6H5N3OS. The first kappa shape index (κ1) is 6.36. The van der Waals surface area contributed by atoms with Crippen LogP contribution >= 0.6 is 0 Å². The number of rotatable bonds is 0. The summed E-state index contributed by atoms with van der Waals surface area (Å²) in [6.07, 6.45) is 3.48. The van der Waals surface area contributed by atoms with E-state index in [0.717, 1.165) is 5.52 Å². The van der Waals surface area contributed by atoms with Crippen molar-refractivity contribution in [1.29, 1.82) is 0 Å². The average molecular weight is 167 g/mol. The van der Waals surface area contributed by atoms with Gasteiger partial charge < -0.3 is 0 Å². The normalized spacial score (nSPS) is 10.2. The lowest BCUT2D eigenvalue weighted by molar-refractivity contribution is 0.697. The minimum absolute atomic E-state index is 0.350. The zero-order valence-electron chi connectivity index (χ0n) is 5.52. The lowest BCUT2D eigenvalue weighted by Crippen LogP contribution is -1.92. The van der Waals surface area contributed by atoms with Crippen LogP contribution in [0.5, 0.6) is 0 Å². The molecular weight excluding hydrogens is 162 g/mol. The fraction of sp³-hybridized carbons (Fsp3) is 0. The van der Waals surface area contributed by atoms with Crippen molar-refractivity contribution in [2.45, 2.75) is 0 Å².